The van der Waals surface area contributed by atoms with Gasteiger partial charge in [-0.15, -0.1) is 0 Å². The Morgan fingerprint density at radius 1 is 1.20 bits per heavy atom. The van der Waals surface area contributed by atoms with Crippen molar-refractivity contribution in [3.8, 4) is 5.75 Å². The SMILES string of the molecule is CC(C)NCc1ccc(OCc2ccccc2F)cn1. The van der Waals surface area contributed by atoms with Crippen molar-refractivity contribution in [3.05, 3.63) is 59.7 Å². The minimum atomic E-state index is -0.252. The molecular formula is C16H19FN2O. The summed E-state index contributed by atoms with van der Waals surface area (Å²) >= 11 is 0. The van der Waals surface area contributed by atoms with Gasteiger partial charge in [-0.1, -0.05) is 32.0 Å². The van der Waals surface area contributed by atoms with Crippen LogP contribution in [0.25, 0.3) is 0 Å². The minimum absolute atomic E-state index is 0.206. The summed E-state index contributed by atoms with van der Waals surface area (Å²) in [6.45, 7) is 5.11. The lowest BCUT2D eigenvalue weighted by atomic mass is 10.2. The minimum Gasteiger partial charge on any atom is -0.487 e. The zero-order valence-corrected chi connectivity index (χ0v) is 11.8. The monoisotopic (exact) mass is 274 g/mol. The van der Waals surface area contributed by atoms with E-state index in [1.54, 1.807) is 24.4 Å². The topological polar surface area (TPSA) is 34.1 Å². The van der Waals surface area contributed by atoms with E-state index in [4.69, 9.17) is 4.74 Å². The molecule has 3 nitrogen and oxygen atoms in total. The normalized spacial score (nSPS) is 10.8. The van der Waals surface area contributed by atoms with Gasteiger partial charge in [-0.25, -0.2) is 4.39 Å². The van der Waals surface area contributed by atoms with Crippen LogP contribution in [0.2, 0.25) is 0 Å². The Hall–Kier alpha value is -1.94. The number of hydrogen-bond donors (Lipinski definition) is 1. The fourth-order valence-electron chi connectivity index (χ4n) is 1.69. The second kappa shape index (κ2) is 7.01. The van der Waals surface area contributed by atoms with Crippen LogP contribution in [0, 0.1) is 5.82 Å². The Morgan fingerprint density at radius 2 is 2.00 bits per heavy atom. The molecule has 2 rings (SSSR count). The first-order valence-corrected chi connectivity index (χ1v) is 6.69. The summed E-state index contributed by atoms with van der Waals surface area (Å²) in [6.07, 6.45) is 1.66. The first-order valence-electron chi connectivity index (χ1n) is 6.69. The Kier molecular flexibility index (Phi) is 5.07. The Bertz CT molecular complexity index is 540. The lowest BCUT2D eigenvalue weighted by molar-refractivity contribution is 0.298. The standard InChI is InChI=1S/C16H19FN2O/c1-12(2)18-9-14-7-8-15(10-19-14)20-11-13-5-3-4-6-16(13)17/h3-8,10,12,18H,9,11H2,1-2H3. The van der Waals surface area contributed by atoms with Crippen LogP contribution in [0.3, 0.4) is 0 Å². The van der Waals surface area contributed by atoms with Gasteiger partial charge >= 0.3 is 0 Å². The highest BCUT2D eigenvalue weighted by Crippen LogP contribution is 2.13. The van der Waals surface area contributed by atoms with Gasteiger partial charge in [0.15, 0.2) is 0 Å². The molecule has 0 saturated carbocycles. The number of nitrogens with one attached hydrogen (secondary N) is 1. The summed E-state index contributed by atoms with van der Waals surface area (Å²) in [4.78, 5) is 4.30. The summed E-state index contributed by atoms with van der Waals surface area (Å²) in [5.41, 5.74) is 1.50. The predicted octanol–water partition coefficient (Wildman–Crippen LogP) is 3.30. The zero-order valence-electron chi connectivity index (χ0n) is 11.8. The van der Waals surface area contributed by atoms with Crippen molar-refractivity contribution in [2.45, 2.75) is 33.0 Å². The molecule has 0 radical (unpaired) electrons. The third-order valence-corrected chi connectivity index (χ3v) is 2.84. The number of benzene rings is 1. The summed E-state index contributed by atoms with van der Waals surface area (Å²) in [7, 11) is 0. The lowest BCUT2D eigenvalue weighted by Gasteiger charge is -2.09. The molecule has 2 aromatic rings. The largest absolute Gasteiger partial charge is 0.487 e. The van der Waals surface area contributed by atoms with Crippen LogP contribution in [-0.2, 0) is 13.2 Å². The Labute approximate surface area is 118 Å². The molecule has 0 aliphatic rings. The quantitative estimate of drug-likeness (QED) is 0.877. The van der Waals surface area contributed by atoms with Gasteiger partial charge in [-0.05, 0) is 18.2 Å². The van der Waals surface area contributed by atoms with Crippen molar-refractivity contribution < 1.29 is 9.13 Å². The number of rotatable bonds is 6. The van der Waals surface area contributed by atoms with Crippen molar-refractivity contribution in [1.29, 1.82) is 0 Å². The van der Waals surface area contributed by atoms with Gasteiger partial charge in [0.05, 0.1) is 11.9 Å². The molecule has 1 heterocycles. The molecule has 0 saturated heterocycles. The summed E-state index contributed by atoms with van der Waals surface area (Å²) < 4.78 is 19.0. The maximum Gasteiger partial charge on any atom is 0.138 e. The fraction of sp³-hybridized carbons (Fsp3) is 0.312. The first-order chi connectivity index (χ1) is 9.65. The van der Waals surface area contributed by atoms with Crippen molar-refractivity contribution in [3.63, 3.8) is 0 Å². The number of pyridine rings is 1. The van der Waals surface area contributed by atoms with Gasteiger partial charge in [0.1, 0.15) is 18.2 Å². The zero-order chi connectivity index (χ0) is 14.4. The maximum absolute atomic E-state index is 13.4. The third-order valence-electron chi connectivity index (χ3n) is 2.84. The number of ether oxygens (including phenoxy) is 1. The van der Waals surface area contributed by atoms with E-state index in [0.717, 1.165) is 12.2 Å². The van der Waals surface area contributed by atoms with E-state index in [1.165, 1.54) is 6.07 Å². The van der Waals surface area contributed by atoms with Crippen molar-refractivity contribution in [1.82, 2.24) is 10.3 Å². The number of halogens is 1. The van der Waals surface area contributed by atoms with E-state index in [-0.39, 0.29) is 12.4 Å². The van der Waals surface area contributed by atoms with Crippen LogP contribution in [0.4, 0.5) is 4.39 Å². The maximum atomic E-state index is 13.4. The molecular weight excluding hydrogens is 255 g/mol. The van der Waals surface area contributed by atoms with Crippen molar-refractivity contribution in [2.24, 2.45) is 0 Å². The second-order valence-corrected chi connectivity index (χ2v) is 4.90. The number of nitrogens with zero attached hydrogens (tertiary/aromatic N) is 1. The molecule has 20 heavy (non-hydrogen) atoms. The van der Waals surface area contributed by atoms with E-state index < -0.39 is 0 Å². The smallest absolute Gasteiger partial charge is 0.138 e. The average Bonchev–Trinajstić information content (AvgIpc) is 2.45. The fourth-order valence-corrected chi connectivity index (χ4v) is 1.69. The van der Waals surface area contributed by atoms with Crippen LogP contribution in [0.1, 0.15) is 25.1 Å². The first kappa shape index (κ1) is 14.5. The molecule has 0 unspecified atom stereocenters. The van der Waals surface area contributed by atoms with Gasteiger partial charge in [-0.3, -0.25) is 4.98 Å². The van der Waals surface area contributed by atoms with Crippen LogP contribution < -0.4 is 10.1 Å². The average molecular weight is 274 g/mol. The van der Waals surface area contributed by atoms with Crippen LogP contribution in [0.5, 0.6) is 5.75 Å². The molecule has 0 amide bonds. The van der Waals surface area contributed by atoms with Gasteiger partial charge in [0.25, 0.3) is 0 Å². The number of aromatic nitrogens is 1. The molecule has 0 atom stereocenters. The summed E-state index contributed by atoms with van der Waals surface area (Å²) in [5, 5.41) is 3.29. The van der Waals surface area contributed by atoms with Gasteiger partial charge in [0.2, 0.25) is 0 Å². The van der Waals surface area contributed by atoms with E-state index in [0.29, 0.717) is 17.4 Å². The molecule has 0 bridgehead atoms. The van der Waals surface area contributed by atoms with E-state index >= 15 is 0 Å². The lowest BCUT2D eigenvalue weighted by Crippen LogP contribution is -2.22. The van der Waals surface area contributed by atoms with Crippen molar-refractivity contribution >= 4 is 0 Å². The van der Waals surface area contributed by atoms with Crippen LogP contribution in [0.15, 0.2) is 42.6 Å². The third kappa shape index (κ3) is 4.31. The highest BCUT2D eigenvalue weighted by molar-refractivity contribution is 5.22. The van der Waals surface area contributed by atoms with Crippen LogP contribution >= 0.6 is 0 Å². The molecule has 4 heteroatoms. The predicted molar refractivity (Wildman–Crippen MR) is 76.9 cm³/mol. The van der Waals surface area contributed by atoms with E-state index in [1.807, 2.05) is 12.1 Å². The Balaban J connectivity index is 1.89. The van der Waals surface area contributed by atoms with Gasteiger partial charge in [-0.2, -0.15) is 0 Å². The Morgan fingerprint density at radius 3 is 2.65 bits per heavy atom. The number of hydrogen-bond acceptors (Lipinski definition) is 3. The van der Waals surface area contributed by atoms with Crippen LogP contribution in [-0.4, -0.2) is 11.0 Å². The summed E-state index contributed by atoms with van der Waals surface area (Å²) in [5.74, 6) is 0.389. The molecule has 1 N–H and O–H groups in total. The summed E-state index contributed by atoms with van der Waals surface area (Å²) in [6, 6.07) is 10.8. The molecule has 0 spiro atoms. The van der Waals surface area contributed by atoms with Crippen molar-refractivity contribution in [2.75, 3.05) is 0 Å². The van der Waals surface area contributed by atoms with E-state index in [9.17, 15) is 4.39 Å². The molecule has 0 fully saturated rings. The molecule has 1 aromatic carbocycles. The molecule has 0 aliphatic carbocycles. The molecule has 1 aromatic heterocycles. The second-order valence-electron chi connectivity index (χ2n) is 4.90. The molecule has 0 aliphatic heterocycles. The van der Waals surface area contributed by atoms with Gasteiger partial charge in [0, 0.05) is 18.2 Å². The molecule has 106 valence electrons. The van der Waals surface area contributed by atoms with E-state index in [2.05, 4.69) is 24.1 Å². The van der Waals surface area contributed by atoms with Gasteiger partial charge < -0.3 is 10.1 Å². The highest BCUT2D eigenvalue weighted by Gasteiger charge is 2.02. The highest BCUT2D eigenvalue weighted by atomic mass is 19.1.